The maximum atomic E-state index is 11.5. The van der Waals surface area contributed by atoms with Crippen molar-refractivity contribution in [2.75, 3.05) is 6.54 Å². The second-order valence-corrected chi connectivity index (χ2v) is 4.96. The van der Waals surface area contributed by atoms with Crippen LogP contribution in [0.4, 0.5) is 4.79 Å². The number of carboxylic acids is 1. The van der Waals surface area contributed by atoms with Crippen molar-refractivity contribution in [2.45, 2.75) is 6.61 Å². The number of halogens is 1. The summed E-state index contributed by atoms with van der Waals surface area (Å²) >= 11 is 5.65. The predicted octanol–water partition coefficient (Wildman–Crippen LogP) is 2.71. The summed E-state index contributed by atoms with van der Waals surface area (Å²) in [6, 6.07) is 10.5. The third-order valence-electron chi connectivity index (χ3n) is 2.86. The number of hydrogen-bond donors (Lipinski definition) is 2. The lowest BCUT2D eigenvalue weighted by molar-refractivity contribution is 0.0696. The molecule has 0 aliphatic carbocycles. The number of nitrogens with one attached hydrogen (secondary N) is 1. The number of hydrogen-bond acceptors (Lipinski definition) is 4. The van der Waals surface area contributed by atoms with E-state index in [9.17, 15) is 9.59 Å². The highest BCUT2D eigenvalue weighted by molar-refractivity contribution is 6.29. The number of alkyl carbamates (subject to hydrolysis) is 1. The second kappa shape index (κ2) is 8.56. The molecule has 0 atom stereocenters. The third kappa shape index (κ3) is 5.30. The summed E-state index contributed by atoms with van der Waals surface area (Å²) in [7, 11) is 0. The maximum absolute atomic E-state index is 11.5. The van der Waals surface area contributed by atoms with E-state index in [1.807, 2.05) is 30.3 Å². The first-order valence-electron chi connectivity index (χ1n) is 6.88. The SMILES string of the molecule is O=C(NCC#Cc1cnc(Cl)cc1C(=O)O)OCc1ccccc1. The average molecular weight is 345 g/mol. The van der Waals surface area contributed by atoms with Crippen molar-refractivity contribution in [2.24, 2.45) is 0 Å². The first kappa shape index (κ1) is 17.3. The van der Waals surface area contributed by atoms with E-state index in [1.54, 1.807) is 0 Å². The second-order valence-electron chi connectivity index (χ2n) is 4.57. The van der Waals surface area contributed by atoms with Crippen molar-refractivity contribution in [1.29, 1.82) is 0 Å². The van der Waals surface area contributed by atoms with Gasteiger partial charge < -0.3 is 15.2 Å². The largest absolute Gasteiger partial charge is 0.478 e. The lowest BCUT2D eigenvalue weighted by atomic mass is 10.1. The van der Waals surface area contributed by atoms with Gasteiger partial charge in [-0.05, 0) is 11.6 Å². The number of nitrogens with zero attached hydrogens (tertiary/aromatic N) is 1. The summed E-state index contributed by atoms with van der Waals surface area (Å²) in [5.74, 6) is 4.11. The lowest BCUT2D eigenvalue weighted by Crippen LogP contribution is -2.24. The first-order valence-corrected chi connectivity index (χ1v) is 7.26. The molecular weight excluding hydrogens is 332 g/mol. The highest BCUT2D eigenvalue weighted by Gasteiger charge is 2.09. The Balaban J connectivity index is 1.85. The van der Waals surface area contributed by atoms with Crippen LogP contribution in [-0.4, -0.2) is 28.7 Å². The number of pyridine rings is 1. The molecule has 0 fully saturated rings. The van der Waals surface area contributed by atoms with Gasteiger partial charge in [0.15, 0.2) is 0 Å². The van der Waals surface area contributed by atoms with E-state index in [-0.39, 0.29) is 29.4 Å². The molecule has 1 amide bonds. The number of carboxylic acid groups (broad SMARTS) is 1. The van der Waals surface area contributed by atoms with Crippen LogP contribution in [0, 0.1) is 11.8 Å². The van der Waals surface area contributed by atoms with Gasteiger partial charge in [0.05, 0.1) is 17.7 Å². The minimum atomic E-state index is -1.15. The molecule has 7 heteroatoms. The Bertz CT molecular complexity index is 797. The molecule has 0 saturated heterocycles. The van der Waals surface area contributed by atoms with Crippen molar-refractivity contribution in [1.82, 2.24) is 10.3 Å². The van der Waals surface area contributed by atoms with Crippen LogP contribution in [0.25, 0.3) is 0 Å². The van der Waals surface area contributed by atoms with E-state index in [0.29, 0.717) is 0 Å². The Morgan fingerprint density at radius 1 is 1.29 bits per heavy atom. The molecule has 2 N–H and O–H groups in total. The normalized spacial score (nSPS) is 9.54. The summed E-state index contributed by atoms with van der Waals surface area (Å²) < 4.78 is 5.02. The van der Waals surface area contributed by atoms with Gasteiger partial charge in [0.2, 0.25) is 0 Å². The van der Waals surface area contributed by atoms with Crippen molar-refractivity contribution >= 4 is 23.7 Å². The molecule has 0 radical (unpaired) electrons. The molecule has 0 spiro atoms. The van der Waals surface area contributed by atoms with Gasteiger partial charge in [-0.2, -0.15) is 0 Å². The molecule has 1 aromatic heterocycles. The molecule has 0 aliphatic rings. The fourth-order valence-corrected chi connectivity index (χ4v) is 1.89. The molecule has 0 unspecified atom stereocenters. The van der Waals surface area contributed by atoms with E-state index in [0.717, 1.165) is 5.56 Å². The highest BCUT2D eigenvalue weighted by atomic mass is 35.5. The Labute approximate surface area is 143 Å². The number of rotatable bonds is 4. The number of carbonyl (C=O) groups excluding carboxylic acids is 1. The number of benzene rings is 1. The lowest BCUT2D eigenvalue weighted by Gasteiger charge is -2.04. The molecule has 6 nitrogen and oxygen atoms in total. The number of aromatic nitrogens is 1. The smallest absolute Gasteiger partial charge is 0.408 e. The Morgan fingerprint density at radius 2 is 2.04 bits per heavy atom. The van der Waals surface area contributed by atoms with E-state index in [2.05, 4.69) is 22.1 Å². The third-order valence-corrected chi connectivity index (χ3v) is 3.06. The average Bonchev–Trinajstić information content (AvgIpc) is 2.58. The maximum Gasteiger partial charge on any atom is 0.408 e. The van der Waals surface area contributed by atoms with E-state index in [1.165, 1.54) is 12.3 Å². The first-order chi connectivity index (χ1) is 11.6. The van der Waals surface area contributed by atoms with Gasteiger partial charge in [0.25, 0.3) is 0 Å². The standard InChI is InChI=1S/C17H13ClN2O4/c18-15-9-14(16(21)22)13(10-20-15)7-4-8-19-17(23)24-11-12-5-2-1-3-6-12/h1-3,5-6,9-10H,8,11H2,(H,19,23)(H,21,22). The molecule has 2 aromatic rings. The molecule has 0 aliphatic heterocycles. The van der Waals surface area contributed by atoms with Gasteiger partial charge in [-0.3, -0.25) is 0 Å². The molecule has 0 bridgehead atoms. The topological polar surface area (TPSA) is 88.5 Å². The summed E-state index contributed by atoms with van der Waals surface area (Å²) in [6.45, 7) is 0.166. The molecule has 122 valence electrons. The number of aromatic carboxylic acids is 1. The Morgan fingerprint density at radius 3 is 2.75 bits per heavy atom. The van der Waals surface area contributed by atoms with Crippen LogP contribution in [0.15, 0.2) is 42.6 Å². The zero-order valence-electron chi connectivity index (χ0n) is 12.5. The van der Waals surface area contributed by atoms with E-state index in [4.69, 9.17) is 21.4 Å². The minimum Gasteiger partial charge on any atom is -0.478 e. The van der Waals surface area contributed by atoms with Crippen LogP contribution in [-0.2, 0) is 11.3 Å². The van der Waals surface area contributed by atoms with Crippen LogP contribution in [0.5, 0.6) is 0 Å². The molecule has 24 heavy (non-hydrogen) atoms. The highest BCUT2D eigenvalue weighted by Crippen LogP contribution is 2.12. The Hall–Kier alpha value is -3.04. The van der Waals surface area contributed by atoms with Gasteiger partial charge in [0, 0.05) is 6.20 Å². The molecule has 1 aromatic carbocycles. The van der Waals surface area contributed by atoms with Crippen LogP contribution in [0.2, 0.25) is 5.15 Å². The van der Waals surface area contributed by atoms with Crippen molar-refractivity contribution < 1.29 is 19.4 Å². The van der Waals surface area contributed by atoms with Crippen LogP contribution < -0.4 is 5.32 Å². The van der Waals surface area contributed by atoms with Crippen LogP contribution >= 0.6 is 11.6 Å². The fourth-order valence-electron chi connectivity index (χ4n) is 1.74. The molecule has 1 heterocycles. The number of carbonyl (C=O) groups is 2. The Kier molecular flexibility index (Phi) is 6.17. The molecule has 0 saturated carbocycles. The van der Waals surface area contributed by atoms with Gasteiger partial charge >= 0.3 is 12.1 Å². The molecular formula is C17H13ClN2O4. The summed E-state index contributed by atoms with van der Waals surface area (Å²) in [5, 5.41) is 11.6. The minimum absolute atomic E-state index is 0.00923. The zero-order valence-corrected chi connectivity index (χ0v) is 13.2. The van der Waals surface area contributed by atoms with Gasteiger partial charge in [0.1, 0.15) is 11.8 Å². The summed E-state index contributed by atoms with van der Waals surface area (Å²) in [6.07, 6.45) is 0.660. The van der Waals surface area contributed by atoms with Crippen LogP contribution in [0.3, 0.4) is 0 Å². The number of ether oxygens (including phenoxy) is 1. The van der Waals surface area contributed by atoms with Gasteiger partial charge in [-0.25, -0.2) is 14.6 Å². The summed E-state index contributed by atoms with van der Waals surface area (Å²) in [4.78, 5) is 26.4. The predicted molar refractivity (Wildman–Crippen MR) is 87.7 cm³/mol. The van der Waals surface area contributed by atoms with Crippen molar-refractivity contribution in [3.63, 3.8) is 0 Å². The fraction of sp³-hybridized carbons (Fsp3) is 0.118. The van der Waals surface area contributed by atoms with Crippen molar-refractivity contribution in [3.8, 4) is 11.8 Å². The monoisotopic (exact) mass is 344 g/mol. The summed E-state index contributed by atoms with van der Waals surface area (Å²) in [5.41, 5.74) is 1.04. The van der Waals surface area contributed by atoms with Gasteiger partial charge in [-0.15, -0.1) is 0 Å². The van der Waals surface area contributed by atoms with Crippen LogP contribution in [0.1, 0.15) is 21.5 Å². The van der Waals surface area contributed by atoms with E-state index >= 15 is 0 Å². The number of amides is 1. The van der Waals surface area contributed by atoms with Gasteiger partial charge in [-0.1, -0.05) is 53.8 Å². The quantitative estimate of drug-likeness (QED) is 0.657. The molecule has 2 rings (SSSR count). The zero-order chi connectivity index (χ0) is 17.4. The van der Waals surface area contributed by atoms with Crippen molar-refractivity contribution in [3.05, 3.63) is 64.4 Å². The van der Waals surface area contributed by atoms with E-state index < -0.39 is 12.1 Å².